The number of nitrogens with zero attached hydrogens (tertiary/aromatic N) is 5. The highest BCUT2D eigenvalue weighted by Crippen LogP contribution is 2.41. The number of aromatic nitrogens is 2. The van der Waals surface area contributed by atoms with Crippen molar-refractivity contribution < 1.29 is 28.5 Å². The van der Waals surface area contributed by atoms with Crippen LogP contribution in [0.25, 0.3) is 10.8 Å². The van der Waals surface area contributed by atoms with Crippen LogP contribution in [0.4, 0.5) is 20.3 Å². The summed E-state index contributed by atoms with van der Waals surface area (Å²) in [4.78, 5) is 28.4. The van der Waals surface area contributed by atoms with Gasteiger partial charge in [-0.3, -0.25) is 9.69 Å². The van der Waals surface area contributed by atoms with E-state index < -0.39 is 6.17 Å². The number of hydrogen-bond donors (Lipinski definition) is 2. The molecule has 0 aliphatic carbocycles. The van der Waals surface area contributed by atoms with Crippen LogP contribution in [0, 0.1) is 5.82 Å². The molecule has 3 atom stereocenters. The fourth-order valence-electron chi connectivity index (χ4n) is 7.02. The molecule has 0 radical (unpaired) electrons. The number of halogens is 2. The number of aliphatic hydroxyl groups is 1. The molecule has 7 rings (SSSR count). The molecule has 224 valence electrons. The summed E-state index contributed by atoms with van der Waals surface area (Å²) in [6.45, 7) is 4.46. The third-order valence-corrected chi connectivity index (χ3v) is 8.99. The maximum atomic E-state index is 14.7. The van der Waals surface area contributed by atoms with E-state index in [2.05, 4.69) is 14.9 Å². The highest BCUT2D eigenvalue weighted by molar-refractivity contribution is 6.16. The van der Waals surface area contributed by atoms with Gasteiger partial charge in [-0.05, 0) is 68.2 Å². The number of carbonyl (C=O) groups excluding carboxylic acids is 1. The van der Waals surface area contributed by atoms with Gasteiger partial charge in [-0.1, -0.05) is 13.0 Å². The Morgan fingerprint density at radius 2 is 1.95 bits per heavy atom. The van der Waals surface area contributed by atoms with Gasteiger partial charge in [0.1, 0.15) is 29.1 Å². The minimum Gasteiger partial charge on any atom is -0.508 e. The molecule has 1 aromatic heterocycles. The standard InChI is InChI=1S/C24H25FN4O4.C7H12FN/c1-3-16-17(25)7-6-13-9-15(31)10-19(20(13)16)29-11-18-21(23(29)32)22(27-24(26-18)33-2)28-8-4-5-14(28)12-30;8-6-4-7-2-1-3-9(7)5-6/h6-7,9-10,14,30-31H,3-5,8,11-12H2,1-2H3;6-7H,1-5H2. The smallest absolute Gasteiger partial charge is 0.318 e. The number of methoxy groups -OCH3 is 1. The molecule has 2 N–H and O–H groups in total. The van der Waals surface area contributed by atoms with E-state index in [0.29, 0.717) is 64.7 Å². The summed E-state index contributed by atoms with van der Waals surface area (Å²) in [7, 11) is 1.46. The van der Waals surface area contributed by atoms with Crippen LogP contribution in [0.3, 0.4) is 0 Å². The predicted molar refractivity (Wildman–Crippen MR) is 156 cm³/mol. The molecule has 4 aliphatic rings. The van der Waals surface area contributed by atoms with Gasteiger partial charge in [0.25, 0.3) is 5.91 Å². The van der Waals surface area contributed by atoms with Crippen LogP contribution in [0.2, 0.25) is 0 Å². The summed E-state index contributed by atoms with van der Waals surface area (Å²) >= 11 is 0. The number of fused-ring (bicyclic) bond motifs is 3. The third kappa shape index (κ3) is 5.02. The van der Waals surface area contributed by atoms with Crippen molar-refractivity contribution >= 4 is 28.2 Å². The quantitative estimate of drug-likeness (QED) is 0.459. The summed E-state index contributed by atoms with van der Waals surface area (Å²) < 4.78 is 32.6. The topological polar surface area (TPSA) is 102 Å². The molecule has 5 heterocycles. The SMILES string of the molecule is CCc1c(F)ccc2cc(O)cc(N3Cc4nc(OC)nc(N5CCCC5CO)c4C3=O)c12.FC1CC2CCCN2C1. The molecular weight excluding hydrogens is 544 g/mol. The van der Waals surface area contributed by atoms with Crippen LogP contribution in [-0.2, 0) is 13.0 Å². The maximum absolute atomic E-state index is 14.7. The number of carbonyl (C=O) groups is 1. The number of amides is 1. The molecule has 3 fully saturated rings. The Morgan fingerprint density at radius 1 is 1.14 bits per heavy atom. The lowest BCUT2D eigenvalue weighted by atomic mass is 9.99. The van der Waals surface area contributed by atoms with Crippen molar-refractivity contribution in [1.29, 1.82) is 0 Å². The second-order valence-corrected chi connectivity index (χ2v) is 11.5. The molecular formula is C31H37F2N5O4. The maximum Gasteiger partial charge on any atom is 0.318 e. The Morgan fingerprint density at radius 3 is 2.69 bits per heavy atom. The summed E-state index contributed by atoms with van der Waals surface area (Å²) in [5.41, 5.74) is 1.75. The minimum absolute atomic E-state index is 0.0151. The van der Waals surface area contributed by atoms with E-state index in [4.69, 9.17) is 4.74 Å². The van der Waals surface area contributed by atoms with Crippen molar-refractivity contribution in [1.82, 2.24) is 14.9 Å². The van der Waals surface area contributed by atoms with Gasteiger partial charge in [0.2, 0.25) is 0 Å². The number of phenols is 1. The molecule has 9 nitrogen and oxygen atoms in total. The van der Waals surface area contributed by atoms with Crippen LogP contribution in [-0.4, -0.2) is 82.6 Å². The first-order chi connectivity index (χ1) is 20.3. The van der Waals surface area contributed by atoms with Crippen molar-refractivity contribution in [3.63, 3.8) is 0 Å². The van der Waals surface area contributed by atoms with Crippen molar-refractivity contribution in [2.45, 2.75) is 70.2 Å². The fourth-order valence-corrected chi connectivity index (χ4v) is 7.02. The average molecular weight is 582 g/mol. The molecule has 3 unspecified atom stereocenters. The zero-order chi connectivity index (χ0) is 29.5. The lowest BCUT2D eigenvalue weighted by molar-refractivity contribution is 0.0996. The molecule has 11 heteroatoms. The van der Waals surface area contributed by atoms with E-state index in [1.54, 1.807) is 12.1 Å². The van der Waals surface area contributed by atoms with Gasteiger partial charge in [-0.25, -0.2) is 8.78 Å². The summed E-state index contributed by atoms with van der Waals surface area (Å²) in [5.74, 6) is -0.262. The van der Waals surface area contributed by atoms with Gasteiger partial charge in [-0.15, -0.1) is 0 Å². The number of alkyl halides is 1. The Labute approximate surface area is 243 Å². The Kier molecular flexibility index (Phi) is 7.89. The van der Waals surface area contributed by atoms with Crippen LogP contribution in [0.15, 0.2) is 24.3 Å². The number of hydrogen-bond acceptors (Lipinski definition) is 8. The van der Waals surface area contributed by atoms with E-state index in [-0.39, 0.29) is 42.7 Å². The molecule has 1 amide bonds. The van der Waals surface area contributed by atoms with Crippen molar-refractivity contribution in [3.8, 4) is 11.8 Å². The summed E-state index contributed by atoms with van der Waals surface area (Å²) in [5, 5.41) is 21.4. The van der Waals surface area contributed by atoms with E-state index in [0.717, 1.165) is 25.8 Å². The monoisotopic (exact) mass is 581 g/mol. The van der Waals surface area contributed by atoms with Gasteiger partial charge in [0.05, 0.1) is 37.7 Å². The number of benzene rings is 2. The van der Waals surface area contributed by atoms with Gasteiger partial charge < -0.3 is 24.7 Å². The van der Waals surface area contributed by atoms with Crippen LogP contribution >= 0.6 is 0 Å². The zero-order valence-electron chi connectivity index (χ0n) is 24.0. The van der Waals surface area contributed by atoms with Crippen LogP contribution in [0.1, 0.15) is 60.6 Å². The Hall–Kier alpha value is -3.57. The first-order valence-corrected chi connectivity index (χ1v) is 14.8. The van der Waals surface area contributed by atoms with E-state index in [1.165, 1.54) is 37.0 Å². The second kappa shape index (κ2) is 11.6. The number of rotatable bonds is 5. The number of aliphatic hydroxyl groups excluding tert-OH is 1. The minimum atomic E-state index is -0.518. The normalized spacial score (nSPS) is 23.4. The molecule has 0 bridgehead atoms. The van der Waals surface area contributed by atoms with Gasteiger partial charge in [-0.2, -0.15) is 9.97 Å². The highest BCUT2D eigenvalue weighted by atomic mass is 19.1. The van der Waals surface area contributed by atoms with Gasteiger partial charge >= 0.3 is 6.01 Å². The molecule has 2 aromatic carbocycles. The summed E-state index contributed by atoms with van der Waals surface area (Å²) in [6, 6.07) is 6.64. The number of phenolic OH excluding ortho intramolecular Hbond substituents is 1. The Bertz CT molecular complexity index is 1490. The summed E-state index contributed by atoms with van der Waals surface area (Å²) in [6.07, 6.45) is 4.92. The molecule has 4 aliphatic heterocycles. The number of ether oxygens (including phenoxy) is 1. The van der Waals surface area contributed by atoms with Crippen LogP contribution in [0.5, 0.6) is 11.8 Å². The first-order valence-electron chi connectivity index (χ1n) is 14.8. The number of anilines is 2. The molecule has 0 spiro atoms. The van der Waals surface area contributed by atoms with E-state index >= 15 is 0 Å². The second-order valence-electron chi connectivity index (χ2n) is 11.5. The molecule has 0 saturated carbocycles. The number of aromatic hydroxyl groups is 1. The van der Waals surface area contributed by atoms with Crippen molar-refractivity contribution in [2.24, 2.45) is 0 Å². The molecule has 3 saturated heterocycles. The van der Waals surface area contributed by atoms with Gasteiger partial charge in [0.15, 0.2) is 0 Å². The van der Waals surface area contributed by atoms with E-state index in [1.807, 2.05) is 11.8 Å². The van der Waals surface area contributed by atoms with Crippen LogP contribution < -0.4 is 14.5 Å². The van der Waals surface area contributed by atoms with Crippen molar-refractivity contribution in [3.05, 3.63) is 46.9 Å². The average Bonchev–Trinajstić information content (AvgIpc) is 3.76. The van der Waals surface area contributed by atoms with E-state index in [9.17, 15) is 23.8 Å². The highest BCUT2D eigenvalue weighted by Gasteiger charge is 2.39. The van der Waals surface area contributed by atoms with Gasteiger partial charge in [0, 0.05) is 30.6 Å². The lowest BCUT2D eigenvalue weighted by Gasteiger charge is -2.26. The first kappa shape index (κ1) is 28.5. The largest absolute Gasteiger partial charge is 0.508 e. The third-order valence-electron chi connectivity index (χ3n) is 8.99. The molecule has 42 heavy (non-hydrogen) atoms. The fraction of sp³-hybridized carbons (Fsp3) is 0.516. The lowest BCUT2D eigenvalue weighted by Crippen LogP contribution is -2.34. The van der Waals surface area contributed by atoms with Crippen molar-refractivity contribution in [2.75, 3.05) is 43.2 Å². The zero-order valence-corrected chi connectivity index (χ0v) is 24.0. The Balaban J connectivity index is 0.000000296. The predicted octanol–water partition coefficient (Wildman–Crippen LogP) is 4.36. The molecule has 3 aromatic rings. The number of aryl methyl sites for hydroxylation is 1.